The van der Waals surface area contributed by atoms with Crippen LogP contribution < -0.4 is 0 Å². The van der Waals surface area contributed by atoms with Crippen molar-refractivity contribution < 1.29 is 18.3 Å². The summed E-state index contributed by atoms with van der Waals surface area (Å²) in [5, 5.41) is 10.8. The van der Waals surface area contributed by atoms with Gasteiger partial charge >= 0.3 is 0 Å². The summed E-state index contributed by atoms with van der Waals surface area (Å²) in [6.45, 7) is 1.84. The minimum absolute atomic E-state index is 0.0132. The van der Waals surface area contributed by atoms with E-state index in [0.717, 1.165) is 9.87 Å². The molecule has 1 aliphatic rings. The molecule has 0 spiro atoms. The molecule has 2 aromatic carbocycles. The molecule has 0 amide bonds. The molecule has 0 aromatic heterocycles. The first-order valence-corrected chi connectivity index (χ1v) is 9.38. The van der Waals surface area contributed by atoms with E-state index in [1.165, 1.54) is 24.3 Å². The molecule has 0 saturated heterocycles. The summed E-state index contributed by atoms with van der Waals surface area (Å²) in [7, 11) is -4.09. The molecule has 25 heavy (non-hydrogen) atoms. The number of aryl methyl sites for hydroxylation is 1. The SMILES string of the molecule is Cc1ccc(S(=O)(=O)N2[C@@H](O)C=CC(=O)[C@H]2c2ccc(Cl)cc2)cc1. The number of hydrogen-bond acceptors (Lipinski definition) is 4. The van der Waals surface area contributed by atoms with E-state index < -0.39 is 28.1 Å². The maximum absolute atomic E-state index is 13.1. The highest BCUT2D eigenvalue weighted by molar-refractivity contribution is 7.89. The summed E-state index contributed by atoms with van der Waals surface area (Å²) in [6.07, 6.45) is 0.927. The van der Waals surface area contributed by atoms with Gasteiger partial charge in [0.25, 0.3) is 0 Å². The van der Waals surface area contributed by atoms with Crippen molar-refractivity contribution in [3.63, 3.8) is 0 Å². The highest BCUT2D eigenvalue weighted by atomic mass is 35.5. The van der Waals surface area contributed by atoms with Crippen LogP contribution in [0.1, 0.15) is 17.2 Å². The Morgan fingerprint density at radius 3 is 2.24 bits per heavy atom. The minimum atomic E-state index is -4.09. The number of halogens is 1. The zero-order valence-electron chi connectivity index (χ0n) is 13.3. The zero-order chi connectivity index (χ0) is 18.2. The van der Waals surface area contributed by atoms with E-state index in [0.29, 0.717) is 10.6 Å². The molecule has 0 radical (unpaired) electrons. The van der Waals surface area contributed by atoms with E-state index in [1.54, 1.807) is 36.4 Å². The quantitative estimate of drug-likeness (QED) is 0.892. The highest BCUT2D eigenvalue weighted by Gasteiger charge is 2.42. The number of nitrogens with zero attached hydrogens (tertiary/aromatic N) is 1. The Balaban J connectivity index is 2.12. The van der Waals surface area contributed by atoms with Crippen molar-refractivity contribution in [3.8, 4) is 0 Å². The molecule has 7 heteroatoms. The van der Waals surface area contributed by atoms with Crippen LogP contribution in [0.15, 0.2) is 65.6 Å². The molecule has 0 saturated carbocycles. The Morgan fingerprint density at radius 1 is 1.04 bits per heavy atom. The van der Waals surface area contributed by atoms with Gasteiger partial charge in [0.1, 0.15) is 12.3 Å². The van der Waals surface area contributed by atoms with Gasteiger partial charge in [-0.2, -0.15) is 4.31 Å². The fourth-order valence-electron chi connectivity index (χ4n) is 2.70. The minimum Gasteiger partial charge on any atom is -0.374 e. The summed E-state index contributed by atoms with van der Waals surface area (Å²) in [5.74, 6) is -0.427. The highest BCUT2D eigenvalue weighted by Crippen LogP contribution is 2.34. The fraction of sp³-hybridized carbons (Fsp3) is 0.167. The predicted molar refractivity (Wildman–Crippen MR) is 94.6 cm³/mol. The molecule has 0 aliphatic carbocycles. The number of carbonyl (C=O) groups excluding carboxylic acids is 1. The molecule has 5 nitrogen and oxygen atoms in total. The maximum Gasteiger partial charge on any atom is 0.246 e. The maximum atomic E-state index is 13.1. The van der Waals surface area contributed by atoms with Crippen LogP contribution in [0, 0.1) is 6.92 Å². The molecule has 0 fully saturated rings. The van der Waals surface area contributed by atoms with E-state index >= 15 is 0 Å². The van der Waals surface area contributed by atoms with E-state index in [-0.39, 0.29) is 4.90 Å². The van der Waals surface area contributed by atoms with Crippen molar-refractivity contribution in [2.24, 2.45) is 0 Å². The number of hydrogen-bond donors (Lipinski definition) is 1. The predicted octanol–water partition coefficient (Wildman–Crippen LogP) is 2.84. The second kappa shape index (κ2) is 6.72. The molecule has 2 aromatic rings. The molecule has 0 unspecified atom stereocenters. The van der Waals surface area contributed by atoms with E-state index in [2.05, 4.69) is 0 Å². The van der Waals surface area contributed by atoms with Crippen LogP contribution in [-0.2, 0) is 14.8 Å². The summed E-state index contributed by atoms with van der Waals surface area (Å²) in [5.41, 5.74) is 1.34. The topological polar surface area (TPSA) is 74.7 Å². The number of aliphatic hydroxyl groups excluding tert-OH is 1. The molecule has 1 N–H and O–H groups in total. The Hall–Kier alpha value is -1.99. The molecule has 3 rings (SSSR count). The van der Waals surface area contributed by atoms with Crippen molar-refractivity contribution >= 4 is 27.4 Å². The molecule has 2 atom stereocenters. The second-order valence-electron chi connectivity index (χ2n) is 5.78. The van der Waals surface area contributed by atoms with Gasteiger partial charge in [-0.1, -0.05) is 41.4 Å². The van der Waals surface area contributed by atoms with Crippen LogP contribution >= 0.6 is 11.6 Å². The molecule has 1 aliphatic heterocycles. The third kappa shape index (κ3) is 3.39. The van der Waals surface area contributed by atoms with Gasteiger partial charge in [0, 0.05) is 5.02 Å². The first kappa shape index (κ1) is 17.8. The standard InChI is InChI=1S/C18H16ClNO4S/c1-12-2-8-15(9-3-12)25(23,24)20-17(22)11-10-16(21)18(20)13-4-6-14(19)7-5-13/h2-11,17-18,22H,1H3/t17-,18+/m0/s1. The molecule has 130 valence electrons. The van der Waals surface area contributed by atoms with Crippen LogP contribution in [-0.4, -0.2) is 29.8 Å². The summed E-state index contributed by atoms with van der Waals surface area (Å²) in [6, 6.07) is 11.4. The van der Waals surface area contributed by atoms with Crippen molar-refractivity contribution in [1.82, 2.24) is 4.31 Å². The number of ketones is 1. The van der Waals surface area contributed by atoms with Crippen LogP contribution in [0.3, 0.4) is 0 Å². The van der Waals surface area contributed by atoms with E-state index in [4.69, 9.17) is 11.6 Å². The monoisotopic (exact) mass is 377 g/mol. The van der Waals surface area contributed by atoms with Crippen molar-refractivity contribution in [2.45, 2.75) is 24.1 Å². The number of rotatable bonds is 3. The number of carbonyl (C=O) groups is 1. The van der Waals surface area contributed by atoms with Gasteiger partial charge < -0.3 is 5.11 Å². The molecular weight excluding hydrogens is 362 g/mol. The first-order valence-electron chi connectivity index (χ1n) is 7.56. The van der Waals surface area contributed by atoms with Crippen LogP contribution in [0.25, 0.3) is 0 Å². The lowest BCUT2D eigenvalue weighted by molar-refractivity contribution is -0.121. The van der Waals surface area contributed by atoms with Gasteiger partial charge in [0.05, 0.1) is 4.90 Å². The van der Waals surface area contributed by atoms with Crippen molar-refractivity contribution in [3.05, 3.63) is 76.8 Å². The molecule has 1 heterocycles. The molecule has 0 bridgehead atoms. The Labute approximate surface area is 151 Å². The normalized spacial score (nSPS) is 21.5. The van der Waals surface area contributed by atoms with E-state index in [9.17, 15) is 18.3 Å². The van der Waals surface area contributed by atoms with Gasteiger partial charge in [-0.25, -0.2) is 8.42 Å². The summed E-state index contributed by atoms with van der Waals surface area (Å²) in [4.78, 5) is 12.4. The summed E-state index contributed by atoms with van der Waals surface area (Å²) >= 11 is 5.87. The van der Waals surface area contributed by atoms with Crippen LogP contribution in [0.5, 0.6) is 0 Å². The van der Waals surface area contributed by atoms with E-state index in [1.807, 2.05) is 6.92 Å². The average molecular weight is 378 g/mol. The van der Waals surface area contributed by atoms with Gasteiger partial charge in [0.2, 0.25) is 10.0 Å². The van der Waals surface area contributed by atoms with Crippen molar-refractivity contribution in [2.75, 3.05) is 0 Å². The largest absolute Gasteiger partial charge is 0.374 e. The Morgan fingerprint density at radius 2 is 1.64 bits per heavy atom. The van der Waals surface area contributed by atoms with Gasteiger partial charge in [-0.15, -0.1) is 0 Å². The third-order valence-corrected chi connectivity index (χ3v) is 6.10. The Bertz CT molecular complexity index is 921. The number of benzene rings is 2. The lowest BCUT2D eigenvalue weighted by Crippen LogP contribution is -2.47. The number of aliphatic hydroxyl groups is 1. The summed E-state index contributed by atoms with van der Waals surface area (Å²) < 4.78 is 26.9. The smallest absolute Gasteiger partial charge is 0.246 e. The lowest BCUT2D eigenvalue weighted by atomic mass is 10.00. The third-order valence-electron chi connectivity index (χ3n) is 4.00. The van der Waals surface area contributed by atoms with Crippen LogP contribution in [0.4, 0.5) is 0 Å². The molecular formula is C18H16ClNO4S. The van der Waals surface area contributed by atoms with Gasteiger partial charge in [-0.3, -0.25) is 4.79 Å². The average Bonchev–Trinajstić information content (AvgIpc) is 2.58. The van der Waals surface area contributed by atoms with Crippen molar-refractivity contribution in [1.29, 1.82) is 0 Å². The first-order chi connectivity index (χ1) is 11.8. The fourth-order valence-corrected chi connectivity index (χ4v) is 4.41. The lowest BCUT2D eigenvalue weighted by Gasteiger charge is -2.34. The Kier molecular flexibility index (Phi) is 4.79. The van der Waals surface area contributed by atoms with Gasteiger partial charge in [-0.05, 0) is 48.9 Å². The second-order valence-corrected chi connectivity index (χ2v) is 8.06. The zero-order valence-corrected chi connectivity index (χ0v) is 14.9. The van der Waals surface area contributed by atoms with Crippen LogP contribution in [0.2, 0.25) is 5.02 Å². The number of sulfonamides is 1. The van der Waals surface area contributed by atoms with Gasteiger partial charge in [0.15, 0.2) is 5.78 Å².